The van der Waals surface area contributed by atoms with Crippen LogP contribution in [-0.4, -0.2) is 98.5 Å². The van der Waals surface area contributed by atoms with E-state index in [4.69, 9.17) is 16.6 Å². The number of carboxylic acid groups (broad SMARTS) is 1. The topological polar surface area (TPSA) is 236 Å². The van der Waals surface area contributed by atoms with E-state index in [1.807, 2.05) is 0 Å². The molecule has 0 saturated heterocycles. The van der Waals surface area contributed by atoms with Gasteiger partial charge in [-0.15, -0.1) is 0 Å². The number of anilines is 3. The van der Waals surface area contributed by atoms with Crippen molar-refractivity contribution in [2.45, 2.75) is 35.1 Å². The van der Waals surface area contributed by atoms with Crippen LogP contribution in [0, 0.1) is 0 Å². The first-order valence-corrected chi connectivity index (χ1v) is 16.2. The molecule has 3 aromatic carbocycles. The Morgan fingerprint density at radius 3 is 2.14 bits per heavy atom. The number of ketones is 2. The molecule has 0 fully saturated rings. The summed E-state index contributed by atoms with van der Waals surface area (Å²) in [5.74, 6) is -2.64. The van der Waals surface area contributed by atoms with E-state index >= 15 is 0 Å². The number of benzene rings is 3. The predicted molar refractivity (Wildman–Crippen MR) is 165 cm³/mol. The Bertz CT molecular complexity index is 1830. The predicted octanol–water partition coefficient (Wildman–Crippen LogP) is 1.33. The number of rotatable bonds is 13. The fourth-order valence-corrected chi connectivity index (χ4v) is 6.60. The van der Waals surface area contributed by atoms with Gasteiger partial charge in [0.25, 0.3) is 10.1 Å². The van der Waals surface area contributed by atoms with E-state index in [0.29, 0.717) is 25.8 Å². The number of unbranched alkanes of at least 4 members (excludes halogenated alkanes) is 1. The molecule has 16 heteroatoms. The second-order valence-electron chi connectivity index (χ2n) is 9.93. The maximum absolute atomic E-state index is 13.5. The monoisotopic (exact) mass is 654 g/mol. The van der Waals surface area contributed by atoms with E-state index in [1.165, 1.54) is 42.5 Å². The molecule has 8 N–H and O–H groups in total. The van der Waals surface area contributed by atoms with Crippen molar-refractivity contribution in [2.75, 3.05) is 29.9 Å². The maximum atomic E-state index is 13.5. The van der Waals surface area contributed by atoms with Crippen LogP contribution < -0.4 is 22.1 Å². The summed E-state index contributed by atoms with van der Waals surface area (Å²) in [6.07, 6.45) is 1.49. The van der Waals surface area contributed by atoms with E-state index < -0.39 is 54.1 Å². The van der Waals surface area contributed by atoms with Crippen molar-refractivity contribution in [1.29, 1.82) is 0 Å². The summed E-state index contributed by atoms with van der Waals surface area (Å²) in [5, 5.41) is 14.6. The van der Waals surface area contributed by atoms with Gasteiger partial charge in [-0.2, -0.15) is 8.42 Å². The molecular formula is C28H31N4NaO9S2. The summed E-state index contributed by atoms with van der Waals surface area (Å²) in [4.78, 5) is 36.7. The molecule has 0 saturated carbocycles. The molecule has 0 bridgehead atoms. The van der Waals surface area contributed by atoms with E-state index in [1.54, 1.807) is 6.07 Å². The van der Waals surface area contributed by atoms with Crippen LogP contribution in [-0.2, 0) is 24.7 Å². The summed E-state index contributed by atoms with van der Waals surface area (Å²) in [5.41, 5.74) is 10.4. The van der Waals surface area contributed by atoms with Crippen LogP contribution in [0.1, 0.15) is 51.1 Å². The first kappa shape index (κ1) is 35.3. The van der Waals surface area contributed by atoms with Crippen LogP contribution in [0.25, 0.3) is 0 Å². The third-order valence-corrected chi connectivity index (χ3v) is 9.54. The molecule has 0 aliphatic heterocycles. The number of carbonyl (C=O) groups excluding carboxylic acids is 2. The number of sulfone groups is 1. The zero-order valence-corrected chi connectivity index (χ0v) is 24.4. The molecule has 0 aromatic heterocycles. The third-order valence-electron chi connectivity index (χ3n) is 6.93. The first-order valence-electron chi connectivity index (χ1n) is 13.1. The number of nitrogen functional groups attached to an aromatic ring is 1. The summed E-state index contributed by atoms with van der Waals surface area (Å²) in [6, 6.07) is 11.5. The van der Waals surface area contributed by atoms with Crippen LogP contribution in [0.3, 0.4) is 0 Å². The zero-order valence-electron chi connectivity index (χ0n) is 22.7. The Morgan fingerprint density at radius 2 is 1.52 bits per heavy atom. The van der Waals surface area contributed by atoms with Gasteiger partial charge < -0.3 is 27.2 Å². The van der Waals surface area contributed by atoms with Crippen LogP contribution >= 0.6 is 0 Å². The van der Waals surface area contributed by atoms with Crippen molar-refractivity contribution >= 4 is 84.1 Å². The van der Waals surface area contributed by atoms with Gasteiger partial charge in [0.05, 0.1) is 33.2 Å². The van der Waals surface area contributed by atoms with Crippen LogP contribution in [0.15, 0.2) is 64.4 Å². The van der Waals surface area contributed by atoms with Gasteiger partial charge in [0.15, 0.2) is 21.4 Å². The molecule has 44 heavy (non-hydrogen) atoms. The normalized spacial score (nSPS) is 13.4. The van der Waals surface area contributed by atoms with Crippen molar-refractivity contribution in [3.05, 3.63) is 76.9 Å². The Hall–Kier alpha value is -3.15. The summed E-state index contributed by atoms with van der Waals surface area (Å²) < 4.78 is 60.1. The van der Waals surface area contributed by atoms with E-state index in [2.05, 4.69) is 10.6 Å². The van der Waals surface area contributed by atoms with Crippen molar-refractivity contribution < 1.29 is 40.9 Å². The third kappa shape index (κ3) is 7.73. The van der Waals surface area contributed by atoms with E-state index in [0.717, 1.165) is 6.07 Å². The second-order valence-corrected chi connectivity index (χ2v) is 13.4. The Morgan fingerprint density at radius 1 is 0.886 bits per heavy atom. The van der Waals surface area contributed by atoms with Gasteiger partial charge in [0, 0.05) is 23.4 Å². The molecule has 230 valence electrons. The number of hydrogen-bond donors (Lipinski definition) is 6. The molecule has 4 rings (SSSR count). The molecule has 3 aromatic rings. The minimum atomic E-state index is -4.92. The Kier molecular flexibility index (Phi) is 11.5. The molecule has 13 nitrogen and oxygen atoms in total. The SMILES string of the molecule is Nc1c(S(=O)(=O)O)cc(Nc2cccc(S(=O)(=O)CCNCCCC[C@H](N)C(=O)O)c2)c2c1C(=O)c1ccccc1C2=O.[NaH]. The molecule has 0 spiro atoms. The van der Waals surface area contributed by atoms with Gasteiger partial charge in [0.2, 0.25) is 0 Å². The average molecular weight is 655 g/mol. The van der Waals surface area contributed by atoms with Crippen LogP contribution in [0.5, 0.6) is 0 Å². The molecule has 0 radical (unpaired) electrons. The van der Waals surface area contributed by atoms with Gasteiger partial charge in [-0.25, -0.2) is 8.42 Å². The van der Waals surface area contributed by atoms with Crippen molar-refractivity contribution in [1.82, 2.24) is 5.32 Å². The Labute approximate surface area is 276 Å². The number of carboxylic acids is 1. The van der Waals surface area contributed by atoms with Gasteiger partial charge in [-0.05, 0) is 43.7 Å². The Balaban J connectivity index is 0.00000529. The standard InChI is InChI=1S/C28H30N4O9S2.Na.H/c29-20(28(35)36)10-3-4-11-31-12-13-42(37,38)17-7-5-6-16(14-17)32-21-15-22(43(39,40)41)25(30)24-23(21)26(33)18-8-1-2-9-19(18)27(24)34;;/h1-2,5-9,14-15,20,31-32H,3-4,10-13,29-30H2,(H,35,36)(H,39,40,41);;/t20-;;/m0../s1. The molecule has 1 aliphatic rings. The zero-order chi connectivity index (χ0) is 31.5. The molecular weight excluding hydrogens is 623 g/mol. The van der Waals surface area contributed by atoms with Crippen molar-refractivity contribution in [3.8, 4) is 0 Å². The van der Waals surface area contributed by atoms with E-state index in [9.17, 15) is 35.8 Å². The molecule has 0 amide bonds. The van der Waals surface area contributed by atoms with Crippen molar-refractivity contribution in [2.24, 2.45) is 5.73 Å². The summed E-state index contributed by atoms with van der Waals surface area (Å²) in [7, 11) is -8.71. The molecule has 1 atom stereocenters. The van der Waals surface area contributed by atoms with Gasteiger partial charge in [-0.3, -0.25) is 18.9 Å². The number of nitrogens with one attached hydrogen (secondary N) is 2. The van der Waals surface area contributed by atoms with Gasteiger partial charge in [-0.1, -0.05) is 36.8 Å². The van der Waals surface area contributed by atoms with Gasteiger partial charge >= 0.3 is 35.5 Å². The molecule has 1 aliphatic carbocycles. The number of nitrogens with two attached hydrogens (primary N) is 2. The molecule has 0 heterocycles. The minimum absolute atomic E-state index is 0. The first-order chi connectivity index (χ1) is 20.2. The number of fused-ring (bicyclic) bond motifs is 2. The number of aliphatic carboxylic acids is 1. The number of hydrogen-bond acceptors (Lipinski definition) is 11. The summed E-state index contributed by atoms with van der Waals surface area (Å²) in [6.45, 7) is 0.599. The van der Waals surface area contributed by atoms with Crippen molar-refractivity contribution in [3.63, 3.8) is 0 Å². The van der Waals surface area contributed by atoms with Crippen LogP contribution in [0.4, 0.5) is 17.1 Å². The van der Waals surface area contributed by atoms with Gasteiger partial charge in [0.1, 0.15) is 10.9 Å². The second kappa shape index (κ2) is 14.3. The summed E-state index contributed by atoms with van der Waals surface area (Å²) >= 11 is 0. The average Bonchev–Trinajstić information content (AvgIpc) is 2.95. The van der Waals surface area contributed by atoms with Crippen LogP contribution in [0.2, 0.25) is 0 Å². The number of carbonyl (C=O) groups is 3. The van der Waals surface area contributed by atoms with E-state index in [-0.39, 0.29) is 80.4 Å². The quantitative estimate of drug-likeness (QED) is 0.0517. The molecule has 0 unspecified atom stereocenters. The fourth-order valence-electron chi connectivity index (χ4n) is 4.72. The fraction of sp³-hybridized carbons (Fsp3) is 0.250.